The molecule has 62 heavy (non-hydrogen) atoms. The number of carbonyl (C=O) groups is 3. The zero-order valence-corrected chi connectivity index (χ0v) is 37.9. The second-order valence-electron chi connectivity index (χ2n) is 18.3. The van der Waals surface area contributed by atoms with Gasteiger partial charge in [0.25, 0.3) is 5.91 Å². The van der Waals surface area contributed by atoms with E-state index in [4.69, 9.17) is 19.4 Å². The summed E-state index contributed by atoms with van der Waals surface area (Å²) in [5.41, 5.74) is 2.75. The molecule has 2 saturated heterocycles. The van der Waals surface area contributed by atoms with Gasteiger partial charge in [0.2, 0.25) is 21.8 Å². The first-order valence-corrected chi connectivity index (χ1v) is 24.2. The Kier molecular flexibility index (Phi) is 12.0. The van der Waals surface area contributed by atoms with E-state index in [0.29, 0.717) is 66.1 Å². The topological polar surface area (TPSA) is 169 Å². The van der Waals surface area contributed by atoms with Gasteiger partial charge >= 0.3 is 0 Å². The van der Waals surface area contributed by atoms with Crippen molar-refractivity contribution in [2.45, 2.75) is 140 Å². The van der Waals surface area contributed by atoms with Crippen LogP contribution in [-0.2, 0) is 24.4 Å². The number of ether oxygens (including phenoxy) is 2. The Hall–Kier alpha value is -4.83. The highest BCUT2D eigenvalue weighted by molar-refractivity contribution is 7.91. The molecular weight excluding hydrogens is 832 g/mol. The van der Waals surface area contributed by atoms with E-state index < -0.39 is 56.1 Å². The molecule has 5 atom stereocenters. The molecule has 4 aliphatic rings. The van der Waals surface area contributed by atoms with Crippen LogP contribution in [0.3, 0.4) is 0 Å². The van der Waals surface area contributed by atoms with E-state index in [-0.39, 0.29) is 30.7 Å². The zero-order chi connectivity index (χ0) is 44.1. The van der Waals surface area contributed by atoms with Crippen molar-refractivity contribution in [2.75, 3.05) is 19.0 Å². The number of pyridine rings is 1. The Bertz CT molecular complexity index is 2490. The normalized spacial score (nSPS) is 25.3. The van der Waals surface area contributed by atoms with Crippen LogP contribution >= 0.6 is 11.3 Å². The van der Waals surface area contributed by atoms with Gasteiger partial charge in [-0.1, -0.05) is 46.0 Å². The highest BCUT2D eigenvalue weighted by Gasteiger charge is 2.63. The van der Waals surface area contributed by atoms with Gasteiger partial charge in [-0.05, 0) is 101 Å². The molecule has 2 aliphatic carbocycles. The first kappa shape index (κ1) is 43.8. The summed E-state index contributed by atoms with van der Waals surface area (Å²) in [6, 6.07) is 8.28. The van der Waals surface area contributed by atoms with Crippen LogP contribution in [-0.4, -0.2) is 83.1 Å². The number of rotatable bonds is 10. The predicted molar refractivity (Wildman–Crippen MR) is 237 cm³/mol. The maximum atomic E-state index is 15.0. The number of thiazole rings is 1. The Morgan fingerprint density at radius 1 is 1.02 bits per heavy atom. The van der Waals surface area contributed by atoms with Crippen molar-refractivity contribution in [3.63, 3.8) is 0 Å². The minimum atomic E-state index is -3.98. The van der Waals surface area contributed by atoms with E-state index in [0.717, 1.165) is 53.8 Å². The lowest BCUT2D eigenvalue weighted by molar-refractivity contribution is -0.140. The molecule has 13 nitrogen and oxygen atoms in total. The Balaban J connectivity index is 1.15. The van der Waals surface area contributed by atoms with Gasteiger partial charge in [0, 0.05) is 34.5 Å². The molecule has 2 aromatic carbocycles. The van der Waals surface area contributed by atoms with Gasteiger partial charge < -0.3 is 25.0 Å². The molecular formula is C46H57FN6O7S2. The maximum Gasteiger partial charge on any atom is 0.259 e. The molecule has 2 aliphatic heterocycles. The number of amides is 3. The lowest BCUT2D eigenvalue weighted by Crippen LogP contribution is -2.58. The molecule has 4 fully saturated rings. The summed E-state index contributed by atoms with van der Waals surface area (Å²) in [6.07, 6.45) is 5.88. The summed E-state index contributed by atoms with van der Waals surface area (Å²) in [5.74, 6) is -0.958. The average Bonchev–Trinajstić information content (AvgIpc) is 3.99. The smallest absolute Gasteiger partial charge is 0.259 e. The molecule has 4 heterocycles. The van der Waals surface area contributed by atoms with Gasteiger partial charge in [0.1, 0.15) is 51.7 Å². The third-order valence-corrected chi connectivity index (χ3v) is 16.3. The molecule has 3 N–H and O–H groups in total. The summed E-state index contributed by atoms with van der Waals surface area (Å²) in [7, 11) is -2.38. The number of hydrogen-bond acceptors (Lipinski definition) is 11. The largest absolute Gasteiger partial charge is 0.496 e. The molecule has 0 unspecified atom stereocenters. The van der Waals surface area contributed by atoms with Gasteiger partial charge in [-0.2, -0.15) is 0 Å². The van der Waals surface area contributed by atoms with Gasteiger partial charge in [0.15, 0.2) is 0 Å². The van der Waals surface area contributed by atoms with E-state index in [1.807, 2.05) is 30.5 Å². The Labute approximate surface area is 367 Å². The molecule has 0 radical (unpaired) electrons. The number of benzene rings is 2. The highest BCUT2D eigenvalue weighted by atomic mass is 32.2. The fourth-order valence-electron chi connectivity index (χ4n) is 9.03. The number of aromatic nitrogens is 2. The second-order valence-corrected chi connectivity index (χ2v) is 21.4. The molecule has 2 saturated carbocycles. The Morgan fingerprint density at radius 3 is 2.45 bits per heavy atom. The highest BCUT2D eigenvalue weighted by Crippen LogP contribution is 2.49. The summed E-state index contributed by atoms with van der Waals surface area (Å²) in [6.45, 7) is 9.53. The molecule has 2 aromatic heterocycles. The first-order chi connectivity index (χ1) is 29.5. The van der Waals surface area contributed by atoms with Crippen LogP contribution in [0.15, 0.2) is 41.8 Å². The van der Waals surface area contributed by atoms with Crippen molar-refractivity contribution < 1.29 is 36.7 Å². The van der Waals surface area contributed by atoms with Gasteiger partial charge in [-0.25, -0.2) is 22.8 Å². The molecule has 3 amide bonds. The number of sulfonamides is 1. The number of anilines is 1. The van der Waals surface area contributed by atoms with E-state index in [1.54, 1.807) is 27.0 Å². The summed E-state index contributed by atoms with van der Waals surface area (Å²) in [4.78, 5) is 55.2. The van der Waals surface area contributed by atoms with Gasteiger partial charge in [-0.15, -0.1) is 11.3 Å². The number of nitrogens with one attached hydrogen (secondary N) is 3. The number of hydrogen-bond donors (Lipinski definition) is 3. The summed E-state index contributed by atoms with van der Waals surface area (Å²) < 4.78 is 55.1. The van der Waals surface area contributed by atoms with Gasteiger partial charge in [0.05, 0.1) is 29.6 Å². The number of nitrogens with zero attached hydrogens (tertiary/aromatic N) is 3. The van der Waals surface area contributed by atoms with Crippen LogP contribution in [0.25, 0.3) is 21.6 Å². The van der Waals surface area contributed by atoms with E-state index >= 15 is 0 Å². The SMILES string of the molecule is COc1ccc2c(O[C@@H]3C[C@H]4C(=O)N[C@]5(C(=O)NS(=O)(=O)C6(C)CC6)C[C@H]5CCCCCCC[C@H](Nc5cc(C)cc(F)c5)C(=O)N4C3)cc(-c3nc(C(C)C)cs3)nc2c1C. The maximum absolute atomic E-state index is 15.0. The minimum Gasteiger partial charge on any atom is -0.496 e. The standard InChI is InChI=1S/C46H57FN6O7S2/c1-26(2)36-25-61-42(50-36)35-22-39(33-14-15-38(59-6)28(4)40(33)49-35)60-32-21-37-41(54)51-46(44(56)52-62(57,58)45(5)16-17-45)23-29(46)12-10-8-7-9-11-13-34(43(55)53(37)24-32)48-31-19-27(3)18-30(47)20-31/h14-15,18-20,22,25-26,29,32,34,37,48H,7-13,16-17,21,23-24H2,1-6H3,(H,51,54)(H,52,56)/t29-,32-,34+,37+,46-/m1/s1. The fourth-order valence-corrected chi connectivity index (χ4v) is 11.3. The van der Waals surface area contributed by atoms with Crippen LogP contribution in [0.5, 0.6) is 11.5 Å². The van der Waals surface area contributed by atoms with Crippen LogP contribution in [0.4, 0.5) is 10.1 Å². The lowest BCUT2D eigenvalue weighted by Gasteiger charge is -2.30. The van der Waals surface area contributed by atoms with Crippen molar-refractivity contribution in [3.05, 3.63) is 64.4 Å². The second kappa shape index (κ2) is 17.0. The summed E-state index contributed by atoms with van der Waals surface area (Å²) >= 11 is 1.49. The zero-order valence-electron chi connectivity index (χ0n) is 36.3. The Morgan fingerprint density at radius 2 is 1.76 bits per heavy atom. The van der Waals surface area contributed by atoms with Crippen molar-refractivity contribution >= 4 is 55.7 Å². The molecule has 0 bridgehead atoms. The summed E-state index contributed by atoms with van der Waals surface area (Å²) in [5, 5.41) is 9.77. The van der Waals surface area contributed by atoms with Crippen molar-refractivity contribution in [1.82, 2.24) is 24.9 Å². The van der Waals surface area contributed by atoms with Crippen molar-refractivity contribution in [2.24, 2.45) is 5.92 Å². The molecule has 8 rings (SSSR count). The van der Waals surface area contributed by atoms with Crippen molar-refractivity contribution in [1.29, 1.82) is 0 Å². The molecule has 0 spiro atoms. The predicted octanol–water partition coefficient (Wildman–Crippen LogP) is 7.69. The van der Waals surface area contributed by atoms with Crippen LogP contribution in [0.1, 0.15) is 114 Å². The van der Waals surface area contributed by atoms with E-state index in [2.05, 4.69) is 29.2 Å². The number of carbonyl (C=O) groups excluding carboxylic acids is 3. The number of halogens is 1. The van der Waals surface area contributed by atoms with Crippen LogP contribution in [0.2, 0.25) is 0 Å². The lowest BCUT2D eigenvalue weighted by atomic mass is 10.0. The first-order valence-electron chi connectivity index (χ1n) is 21.8. The fraction of sp³-hybridized carbons (Fsp3) is 0.543. The monoisotopic (exact) mass is 888 g/mol. The van der Waals surface area contributed by atoms with Crippen molar-refractivity contribution in [3.8, 4) is 22.2 Å². The van der Waals surface area contributed by atoms with E-state index in [9.17, 15) is 27.2 Å². The van der Waals surface area contributed by atoms with Crippen LogP contribution < -0.4 is 24.8 Å². The third kappa shape index (κ3) is 8.73. The number of fused-ring (bicyclic) bond motifs is 3. The quantitative estimate of drug-likeness (QED) is 0.144. The molecule has 16 heteroatoms. The van der Waals surface area contributed by atoms with Gasteiger partial charge in [-0.3, -0.25) is 19.1 Å². The number of methoxy groups -OCH3 is 1. The number of aryl methyl sites for hydroxylation is 2. The van der Waals surface area contributed by atoms with Crippen LogP contribution in [0, 0.1) is 25.6 Å². The third-order valence-electron chi connectivity index (χ3n) is 13.3. The minimum absolute atomic E-state index is 0.0374. The van der Waals surface area contributed by atoms with E-state index in [1.165, 1.54) is 28.4 Å². The average molecular weight is 889 g/mol. The molecule has 332 valence electrons. The molecule has 4 aromatic rings.